The highest BCUT2D eigenvalue weighted by Gasteiger charge is 2.38. The van der Waals surface area contributed by atoms with Gasteiger partial charge in [0, 0.05) is 0 Å². The van der Waals surface area contributed by atoms with Crippen molar-refractivity contribution in [3.63, 3.8) is 0 Å². The molecular formula is C14H19N3O5. The number of nitrogens with one attached hydrogen (secondary N) is 1. The lowest BCUT2D eigenvalue weighted by molar-refractivity contribution is -0.140. The first-order valence-electron chi connectivity index (χ1n) is 6.70. The number of esters is 1. The fraction of sp³-hybridized carbons (Fsp3) is 0.500. The van der Waals surface area contributed by atoms with E-state index in [1.807, 2.05) is 0 Å². The number of ether oxygens (including phenoxy) is 2. The topological polar surface area (TPSA) is 114 Å². The van der Waals surface area contributed by atoms with Gasteiger partial charge in [0.25, 0.3) is 0 Å². The zero-order valence-corrected chi connectivity index (χ0v) is 13.0. The smallest absolute Gasteiger partial charge is 0.419 e. The lowest BCUT2D eigenvalue weighted by atomic mass is 10.1. The monoisotopic (exact) mass is 309 g/mol. The lowest BCUT2D eigenvalue weighted by Crippen LogP contribution is -2.41. The van der Waals surface area contributed by atoms with E-state index < -0.39 is 29.4 Å². The molecule has 0 aliphatic heterocycles. The molecule has 0 saturated carbocycles. The highest BCUT2D eigenvalue weighted by molar-refractivity contribution is 6.36. The summed E-state index contributed by atoms with van der Waals surface area (Å²) in [5.74, 6) is -0.672. The Kier molecular flexibility index (Phi) is 5.89. The third-order valence-corrected chi connectivity index (χ3v) is 2.35. The van der Waals surface area contributed by atoms with Crippen LogP contribution in [0.5, 0.6) is 0 Å². The number of hydrogen-bond donors (Lipinski definition) is 1. The van der Waals surface area contributed by atoms with Crippen molar-refractivity contribution < 1.29 is 28.3 Å². The van der Waals surface area contributed by atoms with E-state index in [1.54, 1.807) is 33.8 Å². The minimum atomic E-state index is -1.13. The largest absolute Gasteiger partial charge is 0.466 e. The minimum Gasteiger partial charge on any atom is -0.466 e. The number of nitrogens with zero attached hydrogens (tertiary/aromatic N) is 2. The van der Waals surface area contributed by atoms with Gasteiger partial charge < -0.3 is 24.7 Å². The summed E-state index contributed by atoms with van der Waals surface area (Å²) in [6.45, 7) is 6.79. The number of hydrogen-bond acceptors (Lipinski definition) is 5. The first-order chi connectivity index (χ1) is 10.3. The summed E-state index contributed by atoms with van der Waals surface area (Å²) < 4.78 is 15.1. The van der Waals surface area contributed by atoms with Crippen LogP contribution < -0.4 is 5.32 Å². The Morgan fingerprint density at radius 2 is 2.14 bits per heavy atom. The normalized spacial score (nSPS) is 12.0. The molecule has 8 heteroatoms. The summed E-state index contributed by atoms with van der Waals surface area (Å²) >= 11 is 0. The quantitative estimate of drug-likeness (QED) is 0.387. The fourth-order valence-electron chi connectivity index (χ4n) is 1.58. The summed E-state index contributed by atoms with van der Waals surface area (Å²) in [5, 5.41) is 2.42. The van der Waals surface area contributed by atoms with E-state index in [0.29, 0.717) is 0 Å². The summed E-state index contributed by atoms with van der Waals surface area (Å²) in [4.78, 5) is 26.7. The minimum absolute atomic E-state index is 0.0924. The molecule has 1 aromatic heterocycles. The molecule has 1 N–H and O–H groups in total. The average Bonchev–Trinajstić information content (AvgIpc) is 2.90. The van der Waals surface area contributed by atoms with Crippen LogP contribution in [0.15, 0.2) is 22.8 Å². The standard InChI is InChI=1S/C14H19N3O5/c1-5-20-12(18)11(17-15)10(9-7-6-8-21-9)16-13(19)22-14(2,3)4/h6-8,10H,5H2,1-4H3,(H,16,19)/t10-/m1/s1. The molecule has 1 aromatic rings. The van der Waals surface area contributed by atoms with Crippen LogP contribution in [0.1, 0.15) is 39.5 Å². The van der Waals surface area contributed by atoms with Gasteiger partial charge in [0.05, 0.1) is 12.9 Å². The van der Waals surface area contributed by atoms with Crippen molar-refractivity contribution in [1.82, 2.24) is 5.32 Å². The Morgan fingerprint density at radius 1 is 1.45 bits per heavy atom. The number of carbonyl (C=O) groups excluding carboxylic acids is 2. The molecule has 1 amide bonds. The van der Waals surface area contributed by atoms with Crippen LogP contribution in [0.3, 0.4) is 0 Å². The molecule has 1 heterocycles. The second kappa shape index (κ2) is 7.42. The molecule has 8 nitrogen and oxygen atoms in total. The predicted molar refractivity (Wildman–Crippen MR) is 76.1 cm³/mol. The predicted octanol–water partition coefficient (Wildman–Crippen LogP) is 2.08. The third kappa shape index (κ3) is 5.06. The van der Waals surface area contributed by atoms with Gasteiger partial charge in [-0.2, -0.15) is 4.79 Å². The van der Waals surface area contributed by atoms with Crippen molar-refractivity contribution in [1.29, 1.82) is 0 Å². The zero-order chi connectivity index (χ0) is 16.8. The van der Waals surface area contributed by atoms with E-state index in [0.717, 1.165) is 0 Å². The van der Waals surface area contributed by atoms with Crippen LogP contribution in [0.25, 0.3) is 5.53 Å². The van der Waals surface area contributed by atoms with Gasteiger partial charge in [-0.3, -0.25) is 0 Å². The number of carbonyl (C=O) groups is 2. The Labute approximate surface area is 128 Å². The molecule has 0 radical (unpaired) electrons. The van der Waals surface area contributed by atoms with Gasteiger partial charge in [0.15, 0.2) is 6.04 Å². The molecule has 0 aliphatic carbocycles. The summed E-state index contributed by atoms with van der Waals surface area (Å²) in [6.07, 6.45) is 0.568. The van der Waals surface area contributed by atoms with Crippen molar-refractivity contribution in [3.8, 4) is 0 Å². The molecule has 0 aromatic carbocycles. The molecule has 0 saturated heterocycles. The highest BCUT2D eigenvalue weighted by atomic mass is 16.6. The molecule has 120 valence electrons. The van der Waals surface area contributed by atoms with E-state index in [2.05, 4.69) is 10.1 Å². The maximum absolute atomic E-state index is 11.9. The highest BCUT2D eigenvalue weighted by Crippen LogP contribution is 2.17. The van der Waals surface area contributed by atoms with Crippen molar-refractivity contribution in [2.45, 2.75) is 39.3 Å². The Bertz CT molecular complexity index is 568. The van der Waals surface area contributed by atoms with Crippen LogP contribution in [0.4, 0.5) is 4.79 Å². The van der Waals surface area contributed by atoms with Gasteiger partial charge in [-0.25, -0.2) is 9.59 Å². The van der Waals surface area contributed by atoms with Crippen LogP contribution in [0, 0.1) is 0 Å². The first kappa shape index (κ1) is 17.5. The van der Waals surface area contributed by atoms with E-state index in [9.17, 15) is 9.59 Å². The van der Waals surface area contributed by atoms with Gasteiger partial charge in [0.1, 0.15) is 11.4 Å². The maximum atomic E-state index is 11.9. The van der Waals surface area contributed by atoms with Crippen LogP contribution in [0.2, 0.25) is 0 Å². The van der Waals surface area contributed by atoms with Gasteiger partial charge >= 0.3 is 17.8 Å². The van der Waals surface area contributed by atoms with Crippen LogP contribution in [-0.4, -0.2) is 34.8 Å². The first-order valence-corrected chi connectivity index (χ1v) is 6.70. The third-order valence-electron chi connectivity index (χ3n) is 2.35. The maximum Gasteiger partial charge on any atom is 0.419 e. The second-order valence-electron chi connectivity index (χ2n) is 5.30. The molecule has 22 heavy (non-hydrogen) atoms. The van der Waals surface area contributed by atoms with Gasteiger partial charge in [-0.05, 0) is 39.8 Å². The summed E-state index contributed by atoms with van der Waals surface area (Å²) in [6, 6.07) is 1.96. The van der Waals surface area contributed by atoms with Crippen molar-refractivity contribution in [3.05, 3.63) is 29.7 Å². The Hall–Kier alpha value is -2.60. The van der Waals surface area contributed by atoms with Gasteiger partial charge in [0.2, 0.25) is 0 Å². The molecule has 0 spiro atoms. The molecule has 0 unspecified atom stereocenters. The summed E-state index contributed by atoms with van der Waals surface area (Å²) in [7, 11) is 0. The molecule has 1 rings (SSSR count). The molecule has 0 bridgehead atoms. The van der Waals surface area contributed by atoms with E-state index >= 15 is 0 Å². The fourth-order valence-corrected chi connectivity index (χ4v) is 1.58. The molecule has 0 aliphatic rings. The zero-order valence-electron chi connectivity index (χ0n) is 13.0. The van der Waals surface area contributed by atoms with Gasteiger partial charge in [-0.1, -0.05) is 0 Å². The Morgan fingerprint density at radius 3 is 2.59 bits per heavy atom. The van der Waals surface area contributed by atoms with E-state index in [-0.39, 0.29) is 12.4 Å². The van der Waals surface area contributed by atoms with Crippen LogP contribution in [-0.2, 0) is 14.3 Å². The van der Waals surface area contributed by atoms with E-state index in [4.69, 9.17) is 19.4 Å². The lowest BCUT2D eigenvalue weighted by Gasteiger charge is -2.21. The van der Waals surface area contributed by atoms with Gasteiger partial charge in [-0.15, -0.1) is 0 Å². The van der Waals surface area contributed by atoms with Crippen molar-refractivity contribution in [2.24, 2.45) is 0 Å². The molecule has 0 fully saturated rings. The SMILES string of the molecule is CCOC(=O)C(=[N+]=[N-])[C@H](NC(=O)OC(C)(C)C)c1ccco1. The summed E-state index contributed by atoms with van der Waals surface area (Å²) in [5.41, 5.74) is 7.95. The number of amides is 1. The Balaban J connectivity index is 3.02. The van der Waals surface area contributed by atoms with E-state index in [1.165, 1.54) is 12.3 Å². The molecular weight excluding hydrogens is 290 g/mol. The van der Waals surface area contributed by atoms with Crippen molar-refractivity contribution >= 4 is 17.8 Å². The molecule has 1 atom stereocenters. The van der Waals surface area contributed by atoms with Crippen molar-refractivity contribution in [2.75, 3.05) is 6.61 Å². The van der Waals surface area contributed by atoms with Crippen LogP contribution >= 0.6 is 0 Å². The average molecular weight is 309 g/mol. The number of alkyl carbamates (subject to hydrolysis) is 1. The second-order valence-corrected chi connectivity index (χ2v) is 5.30. The number of rotatable bonds is 5. The number of furan rings is 1.